The van der Waals surface area contributed by atoms with Crippen LogP contribution in [0, 0.1) is 6.92 Å². The van der Waals surface area contributed by atoms with Crippen molar-refractivity contribution in [1.82, 2.24) is 10.4 Å². The SMILES string of the molecule is Cc1cc([C@H](N2NC(=O)CC2(C)C)C(F)(F)F)cc2ccccc12. The molecule has 1 amide bonds. The molecule has 128 valence electrons. The molecule has 6 heteroatoms. The van der Waals surface area contributed by atoms with Crippen molar-refractivity contribution in [2.45, 2.75) is 44.9 Å². The average Bonchev–Trinajstić information content (AvgIpc) is 2.70. The summed E-state index contributed by atoms with van der Waals surface area (Å²) < 4.78 is 41.6. The summed E-state index contributed by atoms with van der Waals surface area (Å²) in [5.41, 5.74) is 2.38. The molecule has 0 radical (unpaired) electrons. The molecule has 2 aromatic rings. The highest BCUT2D eigenvalue weighted by Gasteiger charge is 2.53. The van der Waals surface area contributed by atoms with Gasteiger partial charge in [-0.15, -0.1) is 0 Å². The first kappa shape index (κ1) is 16.8. The van der Waals surface area contributed by atoms with E-state index in [1.54, 1.807) is 45.0 Å². The molecule has 0 aliphatic carbocycles. The van der Waals surface area contributed by atoms with Gasteiger partial charge in [0.2, 0.25) is 5.91 Å². The second kappa shape index (κ2) is 5.48. The molecule has 3 rings (SSSR count). The monoisotopic (exact) mass is 336 g/mol. The summed E-state index contributed by atoms with van der Waals surface area (Å²) in [4.78, 5) is 11.7. The van der Waals surface area contributed by atoms with Gasteiger partial charge in [0.1, 0.15) is 0 Å². The van der Waals surface area contributed by atoms with Crippen LogP contribution in [-0.4, -0.2) is 22.6 Å². The number of halogens is 3. The normalized spacial score (nSPS) is 19.5. The van der Waals surface area contributed by atoms with Gasteiger partial charge in [0.05, 0.1) is 0 Å². The summed E-state index contributed by atoms with van der Waals surface area (Å²) in [7, 11) is 0. The number of hydrogen-bond acceptors (Lipinski definition) is 2. The molecule has 0 spiro atoms. The van der Waals surface area contributed by atoms with Crippen LogP contribution in [0.15, 0.2) is 36.4 Å². The Labute approximate surface area is 138 Å². The summed E-state index contributed by atoms with van der Waals surface area (Å²) in [6.45, 7) is 5.07. The maximum atomic E-state index is 13.9. The first-order chi connectivity index (χ1) is 11.1. The summed E-state index contributed by atoms with van der Waals surface area (Å²) in [5.74, 6) is -0.397. The number of nitrogens with zero attached hydrogens (tertiary/aromatic N) is 1. The van der Waals surface area contributed by atoms with Gasteiger partial charge in [-0.1, -0.05) is 30.3 Å². The number of nitrogens with one attached hydrogen (secondary N) is 1. The van der Waals surface area contributed by atoms with Crippen molar-refractivity contribution in [2.24, 2.45) is 0 Å². The van der Waals surface area contributed by atoms with Crippen molar-refractivity contribution in [3.05, 3.63) is 47.5 Å². The number of carbonyl (C=O) groups excluding carboxylic acids is 1. The molecule has 1 atom stereocenters. The minimum absolute atomic E-state index is 0.0339. The van der Waals surface area contributed by atoms with E-state index in [9.17, 15) is 18.0 Å². The van der Waals surface area contributed by atoms with Crippen LogP contribution < -0.4 is 5.43 Å². The zero-order valence-corrected chi connectivity index (χ0v) is 13.7. The zero-order valence-electron chi connectivity index (χ0n) is 13.7. The predicted octanol–water partition coefficient (Wildman–Crippen LogP) is 4.27. The topological polar surface area (TPSA) is 32.3 Å². The van der Waals surface area contributed by atoms with Crippen molar-refractivity contribution in [1.29, 1.82) is 0 Å². The van der Waals surface area contributed by atoms with Crippen LogP contribution in [0.25, 0.3) is 10.8 Å². The lowest BCUT2D eigenvalue weighted by atomic mass is 9.94. The third kappa shape index (κ3) is 2.86. The maximum absolute atomic E-state index is 13.9. The Hall–Kier alpha value is -2.08. The Bertz CT molecular complexity index is 798. The first-order valence-electron chi connectivity index (χ1n) is 7.74. The molecule has 0 saturated carbocycles. The minimum Gasteiger partial charge on any atom is -0.287 e. The summed E-state index contributed by atoms with van der Waals surface area (Å²) in [6, 6.07) is 8.57. The molecule has 2 aromatic carbocycles. The Morgan fingerprint density at radius 3 is 2.46 bits per heavy atom. The molecule has 1 aliphatic heterocycles. The minimum atomic E-state index is -4.51. The molecule has 0 bridgehead atoms. The average molecular weight is 336 g/mol. The third-order valence-corrected chi connectivity index (χ3v) is 4.47. The van der Waals surface area contributed by atoms with Crippen molar-refractivity contribution in [3.63, 3.8) is 0 Å². The van der Waals surface area contributed by atoms with E-state index in [0.29, 0.717) is 0 Å². The van der Waals surface area contributed by atoms with E-state index < -0.39 is 23.7 Å². The van der Waals surface area contributed by atoms with E-state index in [1.165, 1.54) is 0 Å². The van der Waals surface area contributed by atoms with Gasteiger partial charge in [-0.3, -0.25) is 10.2 Å². The molecule has 3 nitrogen and oxygen atoms in total. The number of amides is 1. The lowest BCUT2D eigenvalue weighted by molar-refractivity contribution is -0.203. The van der Waals surface area contributed by atoms with E-state index in [4.69, 9.17) is 0 Å². The molecule has 1 N–H and O–H groups in total. The highest BCUT2D eigenvalue weighted by molar-refractivity contribution is 5.86. The van der Waals surface area contributed by atoms with Crippen LogP contribution in [-0.2, 0) is 4.79 Å². The fourth-order valence-electron chi connectivity index (χ4n) is 3.39. The van der Waals surface area contributed by atoms with Crippen molar-refractivity contribution in [2.75, 3.05) is 0 Å². The Balaban J connectivity index is 2.16. The van der Waals surface area contributed by atoms with Crippen LogP contribution in [0.1, 0.15) is 37.4 Å². The Morgan fingerprint density at radius 2 is 1.88 bits per heavy atom. The number of fused-ring (bicyclic) bond motifs is 1. The number of carbonyl (C=O) groups is 1. The second-order valence-corrected chi connectivity index (χ2v) is 6.90. The van der Waals surface area contributed by atoms with Gasteiger partial charge in [-0.05, 0) is 48.7 Å². The number of benzene rings is 2. The lowest BCUT2D eigenvalue weighted by Crippen LogP contribution is -2.51. The number of hydrazine groups is 1. The summed E-state index contributed by atoms with van der Waals surface area (Å²) >= 11 is 0. The number of aryl methyl sites for hydroxylation is 1. The van der Waals surface area contributed by atoms with Crippen molar-refractivity contribution < 1.29 is 18.0 Å². The van der Waals surface area contributed by atoms with E-state index >= 15 is 0 Å². The van der Waals surface area contributed by atoms with Crippen LogP contribution in [0.5, 0.6) is 0 Å². The van der Waals surface area contributed by atoms with E-state index in [-0.39, 0.29) is 12.0 Å². The first-order valence-corrected chi connectivity index (χ1v) is 7.74. The van der Waals surface area contributed by atoms with Crippen LogP contribution in [0.4, 0.5) is 13.2 Å². The Morgan fingerprint density at radius 1 is 1.21 bits per heavy atom. The van der Waals surface area contributed by atoms with Gasteiger partial charge >= 0.3 is 6.18 Å². The van der Waals surface area contributed by atoms with E-state index in [2.05, 4.69) is 5.43 Å². The van der Waals surface area contributed by atoms with Gasteiger partial charge < -0.3 is 0 Å². The highest BCUT2D eigenvalue weighted by Crippen LogP contribution is 2.43. The Kier molecular flexibility index (Phi) is 3.83. The summed E-state index contributed by atoms with van der Waals surface area (Å²) in [5, 5.41) is 2.72. The number of rotatable bonds is 2. The van der Waals surface area contributed by atoms with Gasteiger partial charge in [0.15, 0.2) is 6.04 Å². The van der Waals surface area contributed by atoms with Crippen molar-refractivity contribution >= 4 is 16.7 Å². The van der Waals surface area contributed by atoms with Gasteiger partial charge in [-0.2, -0.15) is 18.2 Å². The number of alkyl halides is 3. The molecule has 1 heterocycles. The highest BCUT2D eigenvalue weighted by atomic mass is 19.4. The lowest BCUT2D eigenvalue weighted by Gasteiger charge is -2.38. The third-order valence-electron chi connectivity index (χ3n) is 4.47. The quantitative estimate of drug-likeness (QED) is 0.888. The van der Waals surface area contributed by atoms with Crippen molar-refractivity contribution in [3.8, 4) is 0 Å². The fraction of sp³-hybridized carbons (Fsp3) is 0.389. The molecular formula is C18H19F3N2O. The molecule has 0 unspecified atom stereocenters. The predicted molar refractivity (Wildman–Crippen MR) is 86.2 cm³/mol. The molecule has 0 aromatic heterocycles. The summed E-state index contributed by atoms with van der Waals surface area (Å²) in [6.07, 6.45) is -4.48. The van der Waals surface area contributed by atoms with Gasteiger partial charge in [0.25, 0.3) is 0 Å². The van der Waals surface area contributed by atoms with Crippen LogP contribution in [0.3, 0.4) is 0 Å². The molecule has 1 fully saturated rings. The number of hydrogen-bond donors (Lipinski definition) is 1. The van der Waals surface area contributed by atoms with Crippen LogP contribution in [0.2, 0.25) is 0 Å². The smallest absolute Gasteiger partial charge is 0.287 e. The van der Waals surface area contributed by atoms with E-state index in [1.807, 2.05) is 12.1 Å². The van der Waals surface area contributed by atoms with Gasteiger partial charge in [-0.25, -0.2) is 0 Å². The van der Waals surface area contributed by atoms with Gasteiger partial charge in [0, 0.05) is 12.0 Å². The molecule has 24 heavy (non-hydrogen) atoms. The second-order valence-electron chi connectivity index (χ2n) is 6.90. The largest absolute Gasteiger partial charge is 0.409 e. The molecule has 1 saturated heterocycles. The van der Waals surface area contributed by atoms with Crippen LogP contribution >= 0.6 is 0 Å². The zero-order chi connectivity index (χ0) is 17.7. The van der Waals surface area contributed by atoms with E-state index in [0.717, 1.165) is 21.3 Å². The maximum Gasteiger partial charge on any atom is 0.409 e. The fourth-order valence-corrected chi connectivity index (χ4v) is 3.39. The molecular weight excluding hydrogens is 317 g/mol. The standard InChI is InChI=1S/C18H19F3N2O/c1-11-8-13(9-12-6-4-5-7-14(11)12)16(18(19,20)21)23-17(2,3)10-15(24)22-23/h4-9,16H,10H2,1-3H3,(H,22,24)/t16-/m0/s1. The molecule has 1 aliphatic rings.